The fourth-order valence-corrected chi connectivity index (χ4v) is 1.56. The van der Waals surface area contributed by atoms with Gasteiger partial charge in [0.25, 0.3) is 0 Å². The van der Waals surface area contributed by atoms with Gasteiger partial charge in [-0.05, 0) is 19.1 Å². The Morgan fingerprint density at radius 1 is 1.56 bits per heavy atom. The van der Waals surface area contributed by atoms with Crippen LogP contribution in [0.3, 0.4) is 0 Å². The first-order valence-electron chi connectivity index (χ1n) is 5.31. The smallest absolute Gasteiger partial charge is 0.388 e. The molecule has 1 heterocycles. The van der Waals surface area contributed by atoms with Crippen molar-refractivity contribution in [1.29, 1.82) is 5.41 Å². The summed E-state index contributed by atoms with van der Waals surface area (Å²) in [5.41, 5.74) is 4.46. The number of pyridine rings is 1. The minimum Gasteiger partial charge on any atom is -0.388 e. The third-order valence-electron chi connectivity index (χ3n) is 2.60. The Bertz CT molecular complexity index is 431. The van der Waals surface area contributed by atoms with E-state index in [-0.39, 0.29) is 24.1 Å². The minimum atomic E-state index is -4.45. The molecule has 1 aromatic heterocycles. The summed E-state index contributed by atoms with van der Waals surface area (Å²) in [5, 5.41) is 7.17. The van der Waals surface area contributed by atoms with Crippen LogP contribution in [0.5, 0.6) is 0 Å². The highest BCUT2D eigenvalue weighted by molar-refractivity contribution is 5.78. The normalized spacial score (nSPS) is 13.2. The van der Waals surface area contributed by atoms with Crippen molar-refractivity contribution < 1.29 is 13.2 Å². The highest BCUT2D eigenvalue weighted by atomic mass is 19.4. The number of nitrogens with zero attached hydrogens (tertiary/aromatic N) is 2. The predicted octanol–water partition coefficient (Wildman–Crippen LogP) is 2.25. The molecule has 0 saturated heterocycles. The molecule has 0 aliphatic heterocycles. The first-order chi connectivity index (χ1) is 8.23. The number of halogens is 3. The molecule has 1 rings (SSSR count). The second-order valence-corrected chi connectivity index (χ2v) is 4.06. The molecule has 3 N–H and O–H groups in total. The number of rotatable bonds is 4. The van der Waals surface area contributed by atoms with E-state index >= 15 is 0 Å². The van der Waals surface area contributed by atoms with Crippen LogP contribution in [-0.4, -0.2) is 23.9 Å². The van der Waals surface area contributed by atoms with E-state index in [0.717, 1.165) is 6.07 Å². The lowest BCUT2D eigenvalue weighted by Crippen LogP contribution is -2.34. The molecule has 1 unspecified atom stereocenters. The van der Waals surface area contributed by atoms with Crippen LogP contribution in [0.2, 0.25) is 0 Å². The van der Waals surface area contributed by atoms with Crippen LogP contribution in [0, 0.1) is 5.41 Å². The van der Waals surface area contributed by atoms with Crippen LogP contribution in [0.1, 0.15) is 18.9 Å². The van der Waals surface area contributed by atoms with Gasteiger partial charge in [0.2, 0.25) is 0 Å². The number of nitrogens with one attached hydrogen (secondary N) is 1. The van der Waals surface area contributed by atoms with E-state index in [4.69, 9.17) is 11.1 Å². The standard InChI is InChI=1S/C11H15F3N4/c1-7(6-9(15)16)18(2)10-8(11(12,13)14)4-3-5-17-10/h3-5,7H,6H2,1-2H3,(H3,15,16). The van der Waals surface area contributed by atoms with Gasteiger partial charge < -0.3 is 10.6 Å². The lowest BCUT2D eigenvalue weighted by Gasteiger charge is -2.27. The number of alkyl halides is 3. The molecule has 0 aliphatic rings. The Morgan fingerprint density at radius 3 is 2.67 bits per heavy atom. The molecule has 0 radical (unpaired) electrons. The summed E-state index contributed by atoms with van der Waals surface area (Å²) in [6, 6.07) is 1.90. The largest absolute Gasteiger partial charge is 0.419 e. The molecule has 0 saturated carbocycles. The number of anilines is 1. The topological polar surface area (TPSA) is 66.0 Å². The number of hydrogen-bond acceptors (Lipinski definition) is 3. The summed E-state index contributed by atoms with van der Waals surface area (Å²) in [6.45, 7) is 1.69. The highest BCUT2D eigenvalue weighted by Crippen LogP contribution is 2.35. The van der Waals surface area contributed by atoms with Crippen LogP contribution >= 0.6 is 0 Å². The Labute approximate surface area is 103 Å². The second-order valence-electron chi connectivity index (χ2n) is 4.06. The highest BCUT2D eigenvalue weighted by Gasteiger charge is 2.35. The summed E-state index contributed by atoms with van der Waals surface area (Å²) in [5.74, 6) is -0.224. The van der Waals surface area contributed by atoms with E-state index in [1.54, 1.807) is 6.92 Å². The third kappa shape index (κ3) is 3.35. The van der Waals surface area contributed by atoms with Crippen molar-refractivity contribution in [3.63, 3.8) is 0 Å². The van der Waals surface area contributed by atoms with Gasteiger partial charge in [0, 0.05) is 25.7 Å². The van der Waals surface area contributed by atoms with E-state index in [1.165, 1.54) is 24.2 Å². The molecular weight excluding hydrogens is 245 g/mol. The van der Waals surface area contributed by atoms with Crippen molar-refractivity contribution in [2.24, 2.45) is 5.73 Å². The van der Waals surface area contributed by atoms with Crippen molar-refractivity contribution in [3.8, 4) is 0 Å². The minimum absolute atomic E-state index is 0.0705. The molecule has 4 nitrogen and oxygen atoms in total. The molecule has 1 atom stereocenters. The van der Waals surface area contributed by atoms with Crippen molar-refractivity contribution in [3.05, 3.63) is 23.9 Å². The Hall–Kier alpha value is -1.79. The SMILES string of the molecule is CC(CC(=N)N)N(C)c1ncccc1C(F)(F)F. The summed E-state index contributed by atoms with van der Waals surface area (Å²) in [6.07, 6.45) is -2.96. The molecule has 0 aromatic carbocycles. The van der Waals surface area contributed by atoms with Crippen molar-refractivity contribution >= 4 is 11.7 Å². The lowest BCUT2D eigenvalue weighted by molar-refractivity contribution is -0.137. The molecule has 0 amide bonds. The number of nitrogens with two attached hydrogens (primary N) is 1. The summed E-state index contributed by atoms with van der Waals surface area (Å²) >= 11 is 0. The predicted molar refractivity (Wildman–Crippen MR) is 63.6 cm³/mol. The second kappa shape index (κ2) is 5.24. The van der Waals surface area contributed by atoms with Gasteiger partial charge in [-0.2, -0.15) is 13.2 Å². The lowest BCUT2D eigenvalue weighted by atomic mass is 10.1. The van der Waals surface area contributed by atoms with Gasteiger partial charge in [-0.3, -0.25) is 5.41 Å². The van der Waals surface area contributed by atoms with E-state index < -0.39 is 11.7 Å². The molecular formula is C11H15F3N4. The van der Waals surface area contributed by atoms with E-state index in [0.29, 0.717) is 0 Å². The van der Waals surface area contributed by atoms with Crippen molar-refractivity contribution in [2.75, 3.05) is 11.9 Å². The third-order valence-corrected chi connectivity index (χ3v) is 2.60. The van der Waals surface area contributed by atoms with E-state index in [2.05, 4.69) is 4.98 Å². The molecule has 0 aliphatic carbocycles. The molecule has 0 bridgehead atoms. The average molecular weight is 260 g/mol. The van der Waals surface area contributed by atoms with Gasteiger partial charge in [-0.1, -0.05) is 0 Å². The summed E-state index contributed by atoms with van der Waals surface area (Å²) in [4.78, 5) is 5.15. The van der Waals surface area contributed by atoms with Crippen LogP contribution in [0.25, 0.3) is 0 Å². The van der Waals surface area contributed by atoms with Crippen LogP contribution in [-0.2, 0) is 6.18 Å². The molecule has 7 heteroatoms. The van der Waals surface area contributed by atoms with Gasteiger partial charge in [0.05, 0.1) is 11.4 Å². The van der Waals surface area contributed by atoms with Gasteiger partial charge >= 0.3 is 6.18 Å². The first kappa shape index (κ1) is 14.3. The maximum Gasteiger partial charge on any atom is 0.419 e. The molecule has 0 fully saturated rings. The average Bonchev–Trinajstić information content (AvgIpc) is 2.26. The van der Waals surface area contributed by atoms with Gasteiger partial charge in [0.1, 0.15) is 5.82 Å². The van der Waals surface area contributed by atoms with Gasteiger partial charge in [0.15, 0.2) is 0 Å². The zero-order valence-corrected chi connectivity index (χ0v) is 10.1. The number of aromatic nitrogens is 1. The molecule has 100 valence electrons. The summed E-state index contributed by atoms with van der Waals surface area (Å²) < 4.78 is 38.4. The fourth-order valence-electron chi connectivity index (χ4n) is 1.56. The number of hydrogen-bond donors (Lipinski definition) is 2. The fraction of sp³-hybridized carbons (Fsp3) is 0.455. The molecule has 18 heavy (non-hydrogen) atoms. The Kier molecular flexibility index (Phi) is 4.15. The maximum atomic E-state index is 12.8. The van der Waals surface area contributed by atoms with Crippen LogP contribution < -0.4 is 10.6 Å². The quantitative estimate of drug-likeness (QED) is 0.644. The van der Waals surface area contributed by atoms with Crippen molar-refractivity contribution in [1.82, 2.24) is 4.98 Å². The molecule has 1 aromatic rings. The first-order valence-corrected chi connectivity index (χ1v) is 5.31. The van der Waals surface area contributed by atoms with Crippen LogP contribution in [0.15, 0.2) is 18.3 Å². The molecule has 0 spiro atoms. The Balaban J connectivity index is 3.06. The zero-order valence-electron chi connectivity index (χ0n) is 10.1. The maximum absolute atomic E-state index is 12.8. The monoisotopic (exact) mass is 260 g/mol. The number of amidine groups is 1. The van der Waals surface area contributed by atoms with E-state index in [1.807, 2.05) is 0 Å². The zero-order chi connectivity index (χ0) is 13.9. The van der Waals surface area contributed by atoms with Gasteiger partial charge in [-0.15, -0.1) is 0 Å². The summed E-state index contributed by atoms with van der Waals surface area (Å²) in [7, 11) is 1.51. The van der Waals surface area contributed by atoms with Crippen molar-refractivity contribution in [2.45, 2.75) is 25.6 Å². The van der Waals surface area contributed by atoms with Gasteiger partial charge in [-0.25, -0.2) is 4.98 Å². The van der Waals surface area contributed by atoms with Crippen LogP contribution in [0.4, 0.5) is 19.0 Å². The van der Waals surface area contributed by atoms with E-state index in [9.17, 15) is 13.2 Å². The Morgan fingerprint density at radius 2 is 2.17 bits per heavy atom.